The Morgan fingerprint density at radius 3 is 2.21 bits per heavy atom. The molecule has 0 spiro atoms. The topological polar surface area (TPSA) is 102 Å². The molecule has 0 bridgehead atoms. The van der Waals surface area contributed by atoms with Crippen LogP contribution >= 0.6 is 23.2 Å². The van der Waals surface area contributed by atoms with E-state index in [9.17, 15) is 32.7 Å². The van der Waals surface area contributed by atoms with Gasteiger partial charge in [-0.2, -0.15) is 18.3 Å². The Kier molecular flexibility index (Phi) is 9.08. The fourth-order valence-corrected chi connectivity index (χ4v) is 6.69. The third kappa shape index (κ3) is 6.94. The number of benzene rings is 1. The Bertz CT molecular complexity index is 1350. The third-order valence-corrected chi connectivity index (χ3v) is 8.81. The molecule has 1 aromatic heterocycles. The predicted molar refractivity (Wildman–Crippen MR) is 150 cm³/mol. The van der Waals surface area contributed by atoms with Crippen LogP contribution in [-0.2, 0) is 22.3 Å². The fraction of sp³-hybridized carbons (Fsp3) is 0.586. The highest BCUT2D eigenvalue weighted by molar-refractivity contribution is 6.40. The molecule has 1 saturated heterocycles. The Morgan fingerprint density at radius 1 is 1.14 bits per heavy atom. The Balaban J connectivity index is 1.61. The van der Waals surface area contributed by atoms with Gasteiger partial charge in [0.05, 0.1) is 51.0 Å². The van der Waals surface area contributed by atoms with E-state index in [4.69, 9.17) is 27.9 Å². The minimum absolute atomic E-state index is 0.0195. The molecule has 0 radical (unpaired) electrons. The van der Waals surface area contributed by atoms with Crippen molar-refractivity contribution in [3.8, 4) is 0 Å². The minimum atomic E-state index is -4.92. The van der Waals surface area contributed by atoms with Crippen LogP contribution < -0.4 is 0 Å². The van der Waals surface area contributed by atoms with Crippen molar-refractivity contribution in [2.75, 3.05) is 13.1 Å². The van der Waals surface area contributed by atoms with E-state index in [1.54, 1.807) is 26.0 Å². The molecule has 2 heterocycles. The zero-order chi connectivity index (χ0) is 31.2. The molecule has 42 heavy (non-hydrogen) atoms. The molecule has 4 rings (SSSR count). The second-order valence-corrected chi connectivity index (χ2v) is 13.1. The van der Waals surface area contributed by atoms with Crippen LogP contribution in [0.4, 0.5) is 13.2 Å². The van der Waals surface area contributed by atoms with E-state index < -0.39 is 58.8 Å². The third-order valence-electron chi connectivity index (χ3n) is 8.21. The molecule has 1 aliphatic carbocycles. The summed E-state index contributed by atoms with van der Waals surface area (Å²) in [6, 6.07) is 3.08. The number of rotatable bonds is 9. The molecule has 1 saturated carbocycles. The highest BCUT2D eigenvalue weighted by atomic mass is 35.5. The van der Waals surface area contributed by atoms with E-state index in [0.717, 1.165) is 15.8 Å². The molecule has 0 unspecified atom stereocenters. The van der Waals surface area contributed by atoms with Gasteiger partial charge in [0.25, 0.3) is 5.91 Å². The predicted octanol–water partition coefficient (Wildman–Crippen LogP) is 6.69. The number of ether oxygens (including phenoxy) is 1. The van der Waals surface area contributed by atoms with Crippen molar-refractivity contribution in [3.05, 3.63) is 50.8 Å². The maximum Gasteiger partial charge on any atom is 0.433 e. The standard InChI is InChI=1S/C29H34Cl2F3N3O5/c1-16-9-20(30)23(21(31)10-16)22(38)15-36(14-18-11-27(2,3)42-18)25(39)19-12-35-37(24(19)29(32,33)34)13-17-5-7-28(4,8-6-17)26(40)41/h9-10,12,17-18H,5-8,11,13-15H2,1-4H3,(H,40,41)/t17?,18-,28?/m1/s1. The first-order chi connectivity index (χ1) is 19.4. The molecule has 230 valence electrons. The number of nitrogens with zero attached hydrogens (tertiary/aromatic N) is 3. The smallest absolute Gasteiger partial charge is 0.433 e. The summed E-state index contributed by atoms with van der Waals surface area (Å²) in [6.07, 6.45) is -2.48. The van der Waals surface area contributed by atoms with Gasteiger partial charge in [0, 0.05) is 19.5 Å². The number of hydrogen-bond acceptors (Lipinski definition) is 5. The second kappa shape index (κ2) is 11.8. The fourth-order valence-electron chi connectivity index (χ4n) is 5.88. The molecule has 1 aliphatic heterocycles. The van der Waals surface area contributed by atoms with Gasteiger partial charge in [0.15, 0.2) is 11.5 Å². The van der Waals surface area contributed by atoms with Crippen molar-refractivity contribution < 1.29 is 37.4 Å². The zero-order valence-electron chi connectivity index (χ0n) is 23.9. The number of amides is 1. The summed E-state index contributed by atoms with van der Waals surface area (Å²) < 4.78 is 49.8. The average Bonchev–Trinajstić information content (AvgIpc) is 3.27. The number of aliphatic carboxylic acids is 1. The number of ketones is 1. The second-order valence-electron chi connectivity index (χ2n) is 12.3. The average molecular weight is 633 g/mol. The molecule has 8 nitrogen and oxygen atoms in total. The van der Waals surface area contributed by atoms with Gasteiger partial charge >= 0.3 is 12.1 Å². The number of alkyl halides is 3. The van der Waals surface area contributed by atoms with Gasteiger partial charge in [-0.3, -0.25) is 19.1 Å². The van der Waals surface area contributed by atoms with Crippen LogP contribution in [0.3, 0.4) is 0 Å². The highest BCUT2D eigenvalue weighted by Crippen LogP contribution is 2.41. The largest absolute Gasteiger partial charge is 0.481 e. The molecule has 2 aromatic rings. The molecule has 13 heteroatoms. The first-order valence-corrected chi connectivity index (χ1v) is 14.5. The van der Waals surface area contributed by atoms with Crippen LogP contribution in [0.15, 0.2) is 18.3 Å². The number of carboxylic acids is 1. The number of halogens is 5. The Labute approximate surface area is 252 Å². The summed E-state index contributed by atoms with van der Waals surface area (Å²) in [5.74, 6) is -2.81. The van der Waals surface area contributed by atoms with Crippen molar-refractivity contribution in [1.82, 2.24) is 14.7 Å². The summed E-state index contributed by atoms with van der Waals surface area (Å²) in [7, 11) is 0. The van der Waals surface area contributed by atoms with E-state index in [-0.39, 0.29) is 34.6 Å². The van der Waals surface area contributed by atoms with Crippen molar-refractivity contribution in [3.63, 3.8) is 0 Å². The number of hydrogen-bond donors (Lipinski definition) is 1. The molecule has 2 fully saturated rings. The van der Waals surface area contributed by atoms with Gasteiger partial charge in [0.2, 0.25) is 0 Å². The number of aryl methyl sites for hydroxylation is 1. The van der Waals surface area contributed by atoms with Crippen LogP contribution in [0.1, 0.15) is 84.8 Å². The monoisotopic (exact) mass is 631 g/mol. The lowest BCUT2D eigenvalue weighted by atomic mass is 9.72. The molecule has 1 aromatic carbocycles. The summed E-state index contributed by atoms with van der Waals surface area (Å²) in [4.78, 5) is 39.7. The Hall–Kier alpha value is -2.63. The van der Waals surface area contributed by atoms with Gasteiger partial charge in [0.1, 0.15) is 0 Å². The summed E-state index contributed by atoms with van der Waals surface area (Å²) in [5, 5.41) is 13.6. The van der Waals surface area contributed by atoms with Gasteiger partial charge in [-0.25, -0.2) is 0 Å². The molecular weight excluding hydrogens is 598 g/mol. The van der Waals surface area contributed by atoms with E-state index in [1.807, 2.05) is 13.8 Å². The maximum absolute atomic E-state index is 14.4. The molecule has 1 amide bonds. The van der Waals surface area contributed by atoms with E-state index in [0.29, 0.717) is 37.7 Å². The lowest BCUT2D eigenvalue weighted by Crippen LogP contribution is -2.53. The minimum Gasteiger partial charge on any atom is -0.481 e. The van der Waals surface area contributed by atoms with Gasteiger partial charge in [-0.15, -0.1) is 0 Å². The lowest BCUT2D eigenvalue weighted by Gasteiger charge is -2.44. The molecule has 1 atom stereocenters. The Morgan fingerprint density at radius 2 is 1.71 bits per heavy atom. The number of aromatic nitrogens is 2. The van der Waals surface area contributed by atoms with Crippen molar-refractivity contribution in [2.24, 2.45) is 11.3 Å². The molecule has 1 N–H and O–H groups in total. The van der Waals surface area contributed by atoms with Gasteiger partial charge in [-0.1, -0.05) is 23.2 Å². The number of Topliss-reactive ketones (excluding diaryl/α,β-unsaturated/α-hetero) is 1. The van der Waals surface area contributed by atoms with E-state index in [1.165, 1.54) is 0 Å². The number of carbonyl (C=O) groups excluding carboxylic acids is 2. The first kappa shape index (κ1) is 32.3. The van der Waals surface area contributed by atoms with Crippen LogP contribution in [0.2, 0.25) is 10.0 Å². The molecular formula is C29H34Cl2F3N3O5. The highest BCUT2D eigenvalue weighted by Gasteiger charge is 2.44. The van der Waals surface area contributed by atoms with E-state index >= 15 is 0 Å². The molecule has 2 aliphatic rings. The van der Waals surface area contributed by atoms with Gasteiger partial charge < -0.3 is 14.7 Å². The zero-order valence-corrected chi connectivity index (χ0v) is 25.4. The quantitative estimate of drug-likeness (QED) is 0.309. The van der Waals surface area contributed by atoms with E-state index in [2.05, 4.69) is 5.10 Å². The lowest BCUT2D eigenvalue weighted by molar-refractivity contribution is -0.187. The summed E-state index contributed by atoms with van der Waals surface area (Å²) in [6.45, 7) is 6.27. The van der Waals surface area contributed by atoms with Crippen LogP contribution in [-0.4, -0.2) is 62.2 Å². The van der Waals surface area contributed by atoms with Gasteiger partial charge in [-0.05, 0) is 77.0 Å². The van der Waals surface area contributed by atoms with Crippen LogP contribution in [0.5, 0.6) is 0 Å². The van der Waals surface area contributed by atoms with Crippen molar-refractivity contribution >= 4 is 40.9 Å². The number of carboxylic acid groups (broad SMARTS) is 1. The van der Waals surface area contributed by atoms with Crippen molar-refractivity contribution in [1.29, 1.82) is 0 Å². The van der Waals surface area contributed by atoms with Crippen LogP contribution in [0.25, 0.3) is 0 Å². The summed E-state index contributed by atoms with van der Waals surface area (Å²) >= 11 is 12.6. The number of carbonyl (C=O) groups is 3. The first-order valence-electron chi connectivity index (χ1n) is 13.7. The normalized spacial score (nSPS) is 23.7. The summed E-state index contributed by atoms with van der Waals surface area (Å²) in [5.41, 5.74) is -2.56. The van der Waals surface area contributed by atoms with Crippen LogP contribution in [0, 0.1) is 18.3 Å². The SMILES string of the molecule is Cc1cc(Cl)c(C(=O)CN(C[C@H]2CC(C)(C)O2)C(=O)c2cnn(CC3CCC(C)(C(=O)O)CC3)c2C(F)(F)F)c(Cl)c1. The maximum atomic E-state index is 14.4. The van der Waals surface area contributed by atoms with Crippen molar-refractivity contribution in [2.45, 2.75) is 84.2 Å².